The van der Waals surface area contributed by atoms with E-state index in [1.165, 1.54) is 0 Å². The molecule has 1 fully saturated rings. The molecule has 1 aliphatic carbocycles. The second-order valence-corrected chi connectivity index (χ2v) is 5.42. The molecule has 1 heterocycles. The number of aromatic amines is 1. The minimum Gasteiger partial charge on any atom is -0.338 e. The van der Waals surface area contributed by atoms with Crippen LogP contribution in [0.15, 0.2) is 42.6 Å². The number of rotatable bonds is 5. The highest BCUT2D eigenvalue weighted by Crippen LogP contribution is 2.27. The Morgan fingerprint density at radius 1 is 1.38 bits per heavy atom. The summed E-state index contributed by atoms with van der Waals surface area (Å²) in [6.45, 7) is 2.53. The van der Waals surface area contributed by atoms with Crippen molar-refractivity contribution in [2.75, 3.05) is 6.54 Å². The third kappa shape index (κ3) is 3.40. The van der Waals surface area contributed by atoms with Gasteiger partial charge in [0.15, 0.2) is 5.82 Å². The molecule has 4 nitrogen and oxygen atoms in total. The van der Waals surface area contributed by atoms with Gasteiger partial charge in [0.2, 0.25) is 0 Å². The summed E-state index contributed by atoms with van der Waals surface area (Å²) in [4.78, 5) is 21.5. The molecule has 1 N–H and O–H groups in total. The van der Waals surface area contributed by atoms with E-state index >= 15 is 0 Å². The molecule has 0 bridgehead atoms. The minimum absolute atomic E-state index is 0.0108. The number of aromatic nitrogens is 2. The Morgan fingerprint density at radius 3 is 2.76 bits per heavy atom. The lowest BCUT2D eigenvalue weighted by Crippen LogP contribution is -2.34. The number of imidazole rings is 1. The lowest BCUT2D eigenvalue weighted by atomic mass is 10.2. The zero-order valence-corrected chi connectivity index (χ0v) is 12.1. The molecule has 0 unspecified atom stereocenters. The number of benzene rings is 1. The first kappa shape index (κ1) is 13.6. The normalized spacial score (nSPS) is 14.5. The van der Waals surface area contributed by atoms with E-state index in [-0.39, 0.29) is 5.91 Å². The smallest absolute Gasteiger partial charge is 0.290 e. The Morgan fingerprint density at radius 2 is 2.14 bits per heavy atom. The van der Waals surface area contributed by atoms with Crippen molar-refractivity contribution in [1.29, 1.82) is 0 Å². The number of carbonyl (C=O) groups excluding carboxylic acids is 1. The van der Waals surface area contributed by atoms with Crippen molar-refractivity contribution in [2.24, 2.45) is 0 Å². The first-order chi connectivity index (χ1) is 10.2. The highest BCUT2D eigenvalue weighted by atomic mass is 16.2. The van der Waals surface area contributed by atoms with Crippen molar-refractivity contribution in [1.82, 2.24) is 14.9 Å². The van der Waals surface area contributed by atoms with Gasteiger partial charge < -0.3 is 9.88 Å². The Labute approximate surface area is 124 Å². The van der Waals surface area contributed by atoms with Gasteiger partial charge in [0, 0.05) is 24.5 Å². The Kier molecular flexibility index (Phi) is 3.86. The SMILES string of the molecule is Cc1cnc(C(=O)N(C/C=C/c2ccccc2)C2CC2)[nH]1. The van der Waals surface area contributed by atoms with Crippen LogP contribution in [0.5, 0.6) is 0 Å². The lowest BCUT2D eigenvalue weighted by molar-refractivity contribution is 0.0751. The summed E-state index contributed by atoms with van der Waals surface area (Å²) in [5.41, 5.74) is 2.06. The van der Waals surface area contributed by atoms with Crippen molar-refractivity contribution in [3.63, 3.8) is 0 Å². The van der Waals surface area contributed by atoms with Gasteiger partial charge in [-0.2, -0.15) is 0 Å². The van der Waals surface area contributed by atoms with Gasteiger partial charge in [-0.25, -0.2) is 4.98 Å². The number of H-pyrrole nitrogens is 1. The highest BCUT2D eigenvalue weighted by Gasteiger charge is 2.33. The molecule has 1 saturated carbocycles. The summed E-state index contributed by atoms with van der Waals surface area (Å²) < 4.78 is 0. The van der Waals surface area contributed by atoms with Crippen LogP contribution in [0.1, 0.15) is 34.7 Å². The Hall–Kier alpha value is -2.36. The van der Waals surface area contributed by atoms with Gasteiger partial charge in [-0.05, 0) is 25.3 Å². The quantitative estimate of drug-likeness (QED) is 0.915. The van der Waals surface area contributed by atoms with Crippen LogP contribution >= 0.6 is 0 Å². The van der Waals surface area contributed by atoms with E-state index in [2.05, 4.69) is 28.2 Å². The number of nitrogens with one attached hydrogen (secondary N) is 1. The Balaban J connectivity index is 1.68. The van der Waals surface area contributed by atoms with E-state index in [0.717, 1.165) is 24.1 Å². The third-order valence-electron chi connectivity index (χ3n) is 3.57. The first-order valence-corrected chi connectivity index (χ1v) is 7.28. The fourth-order valence-corrected chi connectivity index (χ4v) is 2.31. The molecule has 3 rings (SSSR count). The molecule has 0 radical (unpaired) electrons. The molecule has 0 atom stereocenters. The van der Waals surface area contributed by atoms with Crippen LogP contribution in [0.25, 0.3) is 6.08 Å². The van der Waals surface area contributed by atoms with E-state index in [9.17, 15) is 4.79 Å². The number of amides is 1. The number of hydrogen-bond acceptors (Lipinski definition) is 2. The highest BCUT2D eigenvalue weighted by molar-refractivity contribution is 5.91. The molecule has 108 valence electrons. The molecule has 2 aromatic rings. The molecule has 0 aliphatic heterocycles. The average Bonchev–Trinajstić information content (AvgIpc) is 3.25. The maximum atomic E-state index is 12.5. The summed E-state index contributed by atoms with van der Waals surface area (Å²) in [7, 11) is 0. The van der Waals surface area contributed by atoms with Crippen LogP contribution in [-0.4, -0.2) is 33.4 Å². The fourth-order valence-electron chi connectivity index (χ4n) is 2.31. The summed E-state index contributed by atoms with van der Waals surface area (Å²) in [6, 6.07) is 10.5. The average molecular weight is 281 g/mol. The predicted molar refractivity (Wildman–Crippen MR) is 82.9 cm³/mol. The molecule has 4 heteroatoms. The topological polar surface area (TPSA) is 49.0 Å². The van der Waals surface area contributed by atoms with Crippen LogP contribution in [-0.2, 0) is 0 Å². The van der Waals surface area contributed by atoms with Crippen molar-refractivity contribution in [3.8, 4) is 0 Å². The van der Waals surface area contributed by atoms with Gasteiger partial charge in [0.05, 0.1) is 0 Å². The zero-order valence-electron chi connectivity index (χ0n) is 12.1. The van der Waals surface area contributed by atoms with Crippen molar-refractivity contribution < 1.29 is 4.79 Å². The van der Waals surface area contributed by atoms with Crippen molar-refractivity contribution in [3.05, 3.63) is 59.7 Å². The lowest BCUT2D eigenvalue weighted by Gasteiger charge is -2.19. The largest absolute Gasteiger partial charge is 0.338 e. The second kappa shape index (κ2) is 5.95. The van der Waals surface area contributed by atoms with Crippen LogP contribution in [0.2, 0.25) is 0 Å². The maximum absolute atomic E-state index is 12.5. The number of nitrogens with zero attached hydrogens (tertiary/aromatic N) is 2. The van der Waals surface area contributed by atoms with E-state index < -0.39 is 0 Å². The van der Waals surface area contributed by atoms with Gasteiger partial charge in [-0.15, -0.1) is 0 Å². The molecular formula is C17H19N3O. The van der Waals surface area contributed by atoms with E-state index in [4.69, 9.17) is 0 Å². The number of hydrogen-bond donors (Lipinski definition) is 1. The predicted octanol–water partition coefficient (Wildman–Crippen LogP) is 3.04. The molecule has 0 saturated heterocycles. The summed E-state index contributed by atoms with van der Waals surface area (Å²) in [5, 5.41) is 0. The summed E-state index contributed by atoms with van der Waals surface area (Å²) in [5.74, 6) is 0.427. The van der Waals surface area contributed by atoms with Gasteiger partial charge in [-0.3, -0.25) is 4.79 Å². The third-order valence-corrected chi connectivity index (χ3v) is 3.57. The molecule has 1 amide bonds. The minimum atomic E-state index is -0.0108. The van der Waals surface area contributed by atoms with Crippen molar-refractivity contribution in [2.45, 2.75) is 25.8 Å². The standard InChI is InChI=1S/C17H19N3O/c1-13-12-18-16(19-13)17(21)20(15-9-10-15)11-5-8-14-6-3-2-4-7-14/h2-8,12,15H,9-11H2,1H3,(H,18,19)/b8-5+. The van der Waals surface area contributed by atoms with Crippen molar-refractivity contribution >= 4 is 12.0 Å². The van der Waals surface area contributed by atoms with Crippen LogP contribution in [0.3, 0.4) is 0 Å². The Bertz CT molecular complexity index is 641. The van der Waals surface area contributed by atoms with Crippen LogP contribution < -0.4 is 0 Å². The van der Waals surface area contributed by atoms with Crippen LogP contribution in [0, 0.1) is 6.92 Å². The maximum Gasteiger partial charge on any atom is 0.290 e. The van der Waals surface area contributed by atoms with Gasteiger partial charge in [0.1, 0.15) is 0 Å². The van der Waals surface area contributed by atoms with Gasteiger partial charge >= 0.3 is 0 Å². The number of aryl methyl sites for hydroxylation is 1. The summed E-state index contributed by atoms with van der Waals surface area (Å²) in [6.07, 6.45) is 7.96. The number of carbonyl (C=O) groups is 1. The molecule has 1 aromatic heterocycles. The van der Waals surface area contributed by atoms with Gasteiger partial charge in [-0.1, -0.05) is 42.5 Å². The molecule has 1 aliphatic rings. The molecule has 21 heavy (non-hydrogen) atoms. The zero-order chi connectivity index (χ0) is 14.7. The molecule has 1 aromatic carbocycles. The van der Waals surface area contributed by atoms with E-state index in [0.29, 0.717) is 18.4 Å². The van der Waals surface area contributed by atoms with E-state index in [1.807, 2.05) is 36.1 Å². The monoisotopic (exact) mass is 281 g/mol. The molecular weight excluding hydrogens is 262 g/mol. The van der Waals surface area contributed by atoms with Crippen LogP contribution in [0.4, 0.5) is 0 Å². The van der Waals surface area contributed by atoms with E-state index in [1.54, 1.807) is 6.20 Å². The second-order valence-electron chi connectivity index (χ2n) is 5.42. The summed E-state index contributed by atoms with van der Waals surface area (Å²) >= 11 is 0. The van der Waals surface area contributed by atoms with Gasteiger partial charge in [0.25, 0.3) is 5.91 Å². The molecule has 0 spiro atoms. The first-order valence-electron chi connectivity index (χ1n) is 7.28. The fraction of sp³-hybridized carbons (Fsp3) is 0.294.